The second-order valence-corrected chi connectivity index (χ2v) is 6.39. The van der Waals surface area contributed by atoms with Crippen molar-refractivity contribution < 1.29 is 14.6 Å². The fraction of sp³-hybridized carbons (Fsp3) is 0.353. The molecule has 1 atom stereocenters. The maximum atomic E-state index is 12.7. The molecular weight excluding hydrogens is 360 g/mol. The Bertz CT molecular complexity index is 870. The third-order valence-corrected chi connectivity index (χ3v) is 4.45. The number of rotatable bonds is 4. The van der Waals surface area contributed by atoms with E-state index in [1.54, 1.807) is 18.1 Å². The zero-order valence-electron chi connectivity index (χ0n) is 14.2. The molecule has 2 aromatic rings. The highest BCUT2D eigenvalue weighted by Gasteiger charge is 2.26. The van der Waals surface area contributed by atoms with E-state index in [2.05, 4.69) is 10.3 Å². The lowest BCUT2D eigenvalue weighted by Gasteiger charge is -2.33. The highest BCUT2D eigenvalue weighted by Crippen LogP contribution is 2.23. The van der Waals surface area contributed by atoms with Crippen molar-refractivity contribution in [2.45, 2.75) is 6.10 Å². The van der Waals surface area contributed by atoms with E-state index >= 15 is 0 Å². The summed E-state index contributed by atoms with van der Waals surface area (Å²) in [5.41, 5.74) is 0.0154. The Labute approximate surface area is 155 Å². The predicted molar refractivity (Wildman–Crippen MR) is 96.7 cm³/mol. The maximum absolute atomic E-state index is 12.7. The normalized spacial score (nSPS) is 17.2. The Hall–Kier alpha value is -2.58. The van der Waals surface area contributed by atoms with Gasteiger partial charge < -0.3 is 24.6 Å². The first kappa shape index (κ1) is 18.2. The SMILES string of the molecule is Cn1ccnc(NCC2CN(C(=O)c3cc(O)ccc3Cl)CCO2)c1=O. The number of aryl methyl sites for hydroxylation is 1. The van der Waals surface area contributed by atoms with E-state index in [-0.39, 0.29) is 39.7 Å². The molecule has 2 heterocycles. The molecule has 9 heteroatoms. The van der Waals surface area contributed by atoms with Gasteiger partial charge >= 0.3 is 0 Å². The van der Waals surface area contributed by atoms with Gasteiger partial charge in [-0.2, -0.15) is 0 Å². The number of hydrogen-bond acceptors (Lipinski definition) is 6. The van der Waals surface area contributed by atoms with Crippen LogP contribution >= 0.6 is 11.6 Å². The van der Waals surface area contributed by atoms with Crippen LogP contribution in [0.1, 0.15) is 10.4 Å². The van der Waals surface area contributed by atoms with Crippen molar-refractivity contribution in [1.29, 1.82) is 0 Å². The van der Waals surface area contributed by atoms with Crippen LogP contribution in [0.3, 0.4) is 0 Å². The van der Waals surface area contributed by atoms with Gasteiger partial charge in [-0.05, 0) is 18.2 Å². The van der Waals surface area contributed by atoms with Crippen molar-refractivity contribution in [3.63, 3.8) is 0 Å². The summed E-state index contributed by atoms with van der Waals surface area (Å²) in [6, 6.07) is 4.27. The molecule has 0 bridgehead atoms. The van der Waals surface area contributed by atoms with Crippen LogP contribution in [0.2, 0.25) is 5.02 Å². The van der Waals surface area contributed by atoms with Gasteiger partial charge in [0, 0.05) is 39.1 Å². The van der Waals surface area contributed by atoms with E-state index in [9.17, 15) is 14.7 Å². The molecule has 0 aliphatic carbocycles. The van der Waals surface area contributed by atoms with Crippen molar-refractivity contribution in [3.05, 3.63) is 51.5 Å². The second kappa shape index (κ2) is 7.76. The van der Waals surface area contributed by atoms with Gasteiger partial charge in [0.25, 0.3) is 11.5 Å². The Morgan fingerprint density at radius 2 is 2.31 bits per heavy atom. The summed E-state index contributed by atoms with van der Waals surface area (Å²) < 4.78 is 7.09. The van der Waals surface area contributed by atoms with Gasteiger partial charge in [0.05, 0.1) is 23.3 Å². The summed E-state index contributed by atoms with van der Waals surface area (Å²) in [6.07, 6.45) is 2.81. The molecule has 2 N–H and O–H groups in total. The summed E-state index contributed by atoms with van der Waals surface area (Å²) in [4.78, 5) is 30.3. The molecule has 0 spiro atoms. The minimum atomic E-state index is -0.296. The third-order valence-electron chi connectivity index (χ3n) is 4.12. The molecule has 8 nitrogen and oxygen atoms in total. The zero-order chi connectivity index (χ0) is 18.7. The Kier molecular flexibility index (Phi) is 5.43. The number of ether oxygens (including phenoxy) is 1. The van der Waals surface area contributed by atoms with E-state index in [4.69, 9.17) is 16.3 Å². The molecule has 1 aliphatic heterocycles. The molecule has 0 radical (unpaired) electrons. The molecule has 0 saturated carbocycles. The number of nitrogens with one attached hydrogen (secondary N) is 1. The van der Waals surface area contributed by atoms with E-state index in [1.165, 1.54) is 29.0 Å². The first-order chi connectivity index (χ1) is 12.5. The van der Waals surface area contributed by atoms with E-state index in [1.807, 2.05) is 0 Å². The summed E-state index contributed by atoms with van der Waals surface area (Å²) in [5.74, 6) is -0.0544. The van der Waals surface area contributed by atoms with Gasteiger partial charge in [-0.25, -0.2) is 4.98 Å². The topological polar surface area (TPSA) is 96.7 Å². The standard InChI is InChI=1S/C17H19ClN4O4/c1-21-5-4-19-15(17(21)25)20-9-12-10-22(6-7-26-12)16(24)13-8-11(23)2-3-14(13)18/h2-5,8,12,23H,6-7,9-10H2,1H3,(H,19,20). The van der Waals surface area contributed by atoms with Crippen molar-refractivity contribution in [3.8, 4) is 5.75 Å². The Morgan fingerprint density at radius 1 is 1.50 bits per heavy atom. The maximum Gasteiger partial charge on any atom is 0.293 e. The molecule has 1 aromatic heterocycles. The molecular formula is C17H19ClN4O4. The van der Waals surface area contributed by atoms with Crippen LogP contribution in [0.15, 0.2) is 35.4 Å². The van der Waals surface area contributed by atoms with Crippen LogP contribution < -0.4 is 10.9 Å². The van der Waals surface area contributed by atoms with E-state index in [0.717, 1.165) is 0 Å². The summed E-state index contributed by atoms with van der Waals surface area (Å²) in [7, 11) is 1.64. The molecule has 138 valence electrons. The summed E-state index contributed by atoms with van der Waals surface area (Å²) in [5, 5.41) is 12.8. The van der Waals surface area contributed by atoms with E-state index in [0.29, 0.717) is 26.2 Å². The van der Waals surface area contributed by atoms with E-state index < -0.39 is 0 Å². The molecule has 1 fully saturated rings. The molecule has 3 rings (SSSR count). The fourth-order valence-electron chi connectivity index (χ4n) is 2.70. The lowest BCUT2D eigenvalue weighted by Crippen LogP contribution is -2.48. The quantitative estimate of drug-likeness (QED) is 0.826. The zero-order valence-corrected chi connectivity index (χ0v) is 14.9. The Balaban J connectivity index is 1.65. The molecule has 1 aliphatic rings. The summed E-state index contributed by atoms with van der Waals surface area (Å²) >= 11 is 6.07. The van der Waals surface area contributed by atoms with Crippen LogP contribution in [0.4, 0.5) is 5.82 Å². The number of carbonyl (C=O) groups excluding carboxylic acids is 1. The number of phenolic OH excluding ortho intramolecular Hbond substituents is 1. The number of amides is 1. The minimum Gasteiger partial charge on any atom is -0.508 e. The van der Waals surface area contributed by atoms with Gasteiger partial charge in [0.1, 0.15) is 5.75 Å². The number of aromatic nitrogens is 2. The summed E-state index contributed by atoms with van der Waals surface area (Å²) in [6.45, 7) is 1.47. The molecule has 26 heavy (non-hydrogen) atoms. The lowest BCUT2D eigenvalue weighted by atomic mass is 10.1. The number of benzene rings is 1. The number of aromatic hydroxyl groups is 1. The minimum absolute atomic E-state index is 0.0183. The van der Waals surface area contributed by atoms with Crippen molar-refractivity contribution in [1.82, 2.24) is 14.5 Å². The molecule has 1 unspecified atom stereocenters. The monoisotopic (exact) mass is 378 g/mol. The van der Waals surface area contributed by atoms with Crippen LogP contribution in [0.5, 0.6) is 5.75 Å². The largest absolute Gasteiger partial charge is 0.508 e. The van der Waals surface area contributed by atoms with Crippen LogP contribution in [0.25, 0.3) is 0 Å². The fourth-order valence-corrected chi connectivity index (χ4v) is 2.90. The average molecular weight is 379 g/mol. The number of phenols is 1. The highest BCUT2D eigenvalue weighted by molar-refractivity contribution is 6.33. The van der Waals surface area contributed by atoms with Crippen molar-refractivity contribution in [2.75, 3.05) is 31.6 Å². The number of carbonyl (C=O) groups is 1. The molecule has 1 amide bonds. The third kappa shape index (κ3) is 3.97. The Morgan fingerprint density at radius 3 is 3.12 bits per heavy atom. The smallest absolute Gasteiger partial charge is 0.293 e. The first-order valence-corrected chi connectivity index (χ1v) is 8.48. The predicted octanol–water partition coefficient (Wildman–Crippen LogP) is 1.09. The molecule has 1 aromatic carbocycles. The van der Waals surface area contributed by atoms with Gasteiger partial charge in [0.15, 0.2) is 5.82 Å². The second-order valence-electron chi connectivity index (χ2n) is 5.98. The van der Waals surface area contributed by atoms with Crippen molar-refractivity contribution in [2.24, 2.45) is 7.05 Å². The molecule has 1 saturated heterocycles. The number of morpholine rings is 1. The number of halogens is 1. The number of anilines is 1. The first-order valence-electron chi connectivity index (χ1n) is 8.10. The van der Waals surface area contributed by atoms with Crippen molar-refractivity contribution >= 4 is 23.3 Å². The van der Waals surface area contributed by atoms with Crippen LogP contribution in [-0.4, -0.2) is 57.8 Å². The van der Waals surface area contributed by atoms with Gasteiger partial charge in [-0.3, -0.25) is 9.59 Å². The highest BCUT2D eigenvalue weighted by atomic mass is 35.5. The number of nitrogens with zero attached hydrogens (tertiary/aromatic N) is 3. The van der Waals surface area contributed by atoms with Crippen LogP contribution in [0, 0.1) is 0 Å². The van der Waals surface area contributed by atoms with Gasteiger partial charge in [-0.1, -0.05) is 11.6 Å². The van der Waals surface area contributed by atoms with Crippen LogP contribution in [-0.2, 0) is 11.8 Å². The van der Waals surface area contributed by atoms with Gasteiger partial charge in [-0.15, -0.1) is 0 Å². The average Bonchev–Trinajstić information content (AvgIpc) is 2.64. The number of hydrogen-bond donors (Lipinski definition) is 2. The lowest BCUT2D eigenvalue weighted by molar-refractivity contribution is -0.0149. The van der Waals surface area contributed by atoms with Gasteiger partial charge in [0.2, 0.25) is 0 Å².